The molecule has 0 spiro atoms. The normalized spacial score (nSPS) is 12.6. The fourth-order valence-corrected chi connectivity index (χ4v) is 9.98. The molecule has 19 nitrogen and oxygen atoms in total. The van der Waals surface area contributed by atoms with Gasteiger partial charge in [-0.2, -0.15) is 0 Å². The second-order valence-electron chi connectivity index (χ2n) is 24.1. The van der Waals surface area contributed by atoms with Crippen molar-refractivity contribution < 1.29 is 75.6 Å². The minimum Gasteiger partial charge on any atom is -0.497 e. The lowest BCUT2D eigenvalue weighted by Gasteiger charge is -2.32. The second-order valence-corrected chi connectivity index (χ2v) is 24.1. The molecule has 0 radical (unpaired) electrons. The summed E-state index contributed by atoms with van der Waals surface area (Å²) in [6.45, 7) is 15.4. The minimum absolute atomic E-state index is 0.00413. The van der Waals surface area contributed by atoms with Crippen LogP contribution in [0.5, 0.6) is 11.5 Å². The predicted molar refractivity (Wildman–Crippen MR) is 355 cm³/mol. The van der Waals surface area contributed by atoms with Crippen LogP contribution in [0.3, 0.4) is 0 Å². The van der Waals surface area contributed by atoms with E-state index in [2.05, 4.69) is 21.1 Å². The molecule has 0 heterocycles. The summed E-state index contributed by atoms with van der Waals surface area (Å²) in [5, 5.41) is 35.7. The lowest BCUT2D eigenvalue weighted by Crippen LogP contribution is -2.51. The first kappa shape index (κ1) is 76.5. The Labute approximate surface area is 553 Å². The number of nitrogens with one attached hydrogen (secondary N) is 3. The van der Waals surface area contributed by atoms with Crippen molar-refractivity contribution in [2.75, 3.05) is 61.1 Å². The number of ketones is 1. The van der Waals surface area contributed by atoms with Crippen LogP contribution in [0.2, 0.25) is 0 Å². The Balaban J connectivity index is 0.000000345. The Bertz CT molecular complexity index is 3580. The van der Waals surface area contributed by atoms with E-state index in [1.807, 2.05) is 45.0 Å². The van der Waals surface area contributed by atoms with E-state index >= 15 is 0 Å². The van der Waals surface area contributed by atoms with Gasteiger partial charge in [-0.05, 0) is 174 Å². The number of aliphatic hydroxyl groups excluding tert-OH is 2. The molecule has 0 aromatic heterocycles. The Kier molecular flexibility index (Phi) is 29.8. The van der Waals surface area contributed by atoms with Gasteiger partial charge in [0.25, 0.3) is 23.6 Å². The third kappa shape index (κ3) is 24.9. The van der Waals surface area contributed by atoms with Gasteiger partial charge in [0.15, 0.2) is 5.78 Å². The molecule has 4 atom stereocenters. The molecule has 0 unspecified atom stereocenters. The molecule has 0 saturated carbocycles. The molecule has 0 aliphatic heterocycles. The molecule has 6 aromatic rings. The molecule has 6 aromatic carbocycles. The van der Waals surface area contributed by atoms with Gasteiger partial charge in [-0.3, -0.25) is 24.0 Å². The quantitative estimate of drug-likeness (QED) is 0.00896. The number of nitrogens with zero attached hydrogens (tertiary/aromatic N) is 4. The van der Waals surface area contributed by atoms with Gasteiger partial charge in [-0.15, -0.1) is 0 Å². The van der Waals surface area contributed by atoms with Crippen molar-refractivity contribution in [2.45, 2.75) is 130 Å². The van der Waals surface area contributed by atoms with E-state index in [0.29, 0.717) is 67.1 Å². The number of halogens is 4. The summed E-state index contributed by atoms with van der Waals surface area (Å²) in [5.74, 6) is -4.37. The van der Waals surface area contributed by atoms with E-state index in [-0.39, 0.29) is 83.1 Å². The number of Topliss-reactive ketones (excluding diaryl/α,β-unsaturated/α-hetero) is 1. The van der Waals surface area contributed by atoms with Crippen molar-refractivity contribution >= 4 is 41.2 Å². The lowest BCUT2D eigenvalue weighted by atomic mass is 9.98. The topological polar surface area (TPSA) is 238 Å². The van der Waals surface area contributed by atoms with Crippen molar-refractivity contribution in [3.05, 3.63) is 200 Å². The highest BCUT2D eigenvalue weighted by Gasteiger charge is 2.31. The van der Waals surface area contributed by atoms with Crippen LogP contribution in [0, 0.1) is 23.3 Å². The molecular weight excluding hydrogens is 1230 g/mol. The van der Waals surface area contributed by atoms with Crippen LogP contribution >= 0.6 is 0 Å². The number of amides is 5. The fourth-order valence-electron chi connectivity index (χ4n) is 9.98. The number of benzene rings is 6. The number of ether oxygens (including phenoxy) is 3. The molecule has 5 amide bonds. The zero-order valence-corrected chi connectivity index (χ0v) is 56.1. The molecule has 512 valence electrons. The summed E-state index contributed by atoms with van der Waals surface area (Å²) in [5.41, 5.74) is 2.74. The molecule has 0 aliphatic carbocycles. The lowest BCUT2D eigenvalue weighted by molar-refractivity contribution is 0.00834. The van der Waals surface area contributed by atoms with E-state index in [4.69, 9.17) is 19.0 Å². The maximum atomic E-state index is 14.2. The van der Waals surface area contributed by atoms with Crippen LogP contribution in [0.25, 0.3) is 0 Å². The van der Waals surface area contributed by atoms with Gasteiger partial charge in [0, 0.05) is 92.3 Å². The van der Waals surface area contributed by atoms with E-state index < -0.39 is 77.0 Å². The maximum Gasteiger partial charge on any atom is 0.410 e. The Hall–Kier alpha value is -9.19. The number of oxime groups is 1. The highest BCUT2D eigenvalue weighted by atomic mass is 19.1. The first-order valence-corrected chi connectivity index (χ1v) is 31.3. The summed E-state index contributed by atoms with van der Waals surface area (Å²) in [7, 11) is 6.38. The van der Waals surface area contributed by atoms with Crippen LogP contribution in [0.4, 0.5) is 22.4 Å². The molecule has 23 heteroatoms. The van der Waals surface area contributed by atoms with Crippen LogP contribution in [0.1, 0.15) is 154 Å². The molecule has 95 heavy (non-hydrogen) atoms. The largest absolute Gasteiger partial charge is 0.497 e. The fraction of sp³-hybridized carbons (Fsp3) is 0.403. The van der Waals surface area contributed by atoms with Crippen molar-refractivity contribution in [2.24, 2.45) is 5.16 Å². The average molecular weight is 1320 g/mol. The SMILES string of the molecule is CCCN(C)C(=O)c1cc(C(C)=O)cc(C(=O)N[C@@H](Cc2cc(F)cc(F)c2)[C@H](O)CN(Cc2cccc(OC)c2)C(=O)OC(C)(C)C)c1.CCCO/N=C(\C)c1cc(C(=O)N[C@@H](Cc2cc(F)cc(F)c2)[C@H](O)CNCc2cccc(OC)c2)cc(C(=O)N(C)CCC)c1. The average Bonchev–Trinajstić information content (AvgIpc) is 0.848. The third-order valence-corrected chi connectivity index (χ3v) is 14.7. The molecule has 6 rings (SSSR count). The Morgan fingerprint density at radius 2 is 1.00 bits per heavy atom. The van der Waals surface area contributed by atoms with Crippen LogP contribution < -0.4 is 25.4 Å². The van der Waals surface area contributed by atoms with E-state index in [0.717, 1.165) is 48.7 Å². The first-order chi connectivity index (χ1) is 45.0. The second kappa shape index (κ2) is 37.0. The van der Waals surface area contributed by atoms with Crippen molar-refractivity contribution in [3.63, 3.8) is 0 Å². The molecule has 0 fully saturated rings. The highest BCUT2D eigenvalue weighted by molar-refractivity contribution is 6.06. The monoisotopic (exact) mass is 1320 g/mol. The number of carbonyl (C=O) groups is 6. The summed E-state index contributed by atoms with van der Waals surface area (Å²) in [6.07, 6.45) is -1.46. The minimum atomic E-state index is -1.49. The molecular formula is C72H89F4N7O12. The highest BCUT2D eigenvalue weighted by Crippen LogP contribution is 2.23. The summed E-state index contributed by atoms with van der Waals surface area (Å²) in [6, 6.07) is 27.0. The smallest absolute Gasteiger partial charge is 0.410 e. The number of hydrogen-bond acceptors (Lipinski definition) is 14. The van der Waals surface area contributed by atoms with E-state index in [1.165, 1.54) is 48.1 Å². The maximum absolute atomic E-state index is 14.2. The number of carbonyl (C=O) groups excluding carboxylic acids is 6. The van der Waals surface area contributed by atoms with E-state index in [9.17, 15) is 56.5 Å². The number of rotatable bonds is 31. The zero-order valence-electron chi connectivity index (χ0n) is 56.1. The van der Waals surface area contributed by atoms with Crippen molar-refractivity contribution in [3.8, 4) is 11.5 Å². The van der Waals surface area contributed by atoms with Crippen molar-refractivity contribution in [1.29, 1.82) is 0 Å². The van der Waals surface area contributed by atoms with Gasteiger partial charge >= 0.3 is 6.09 Å². The molecule has 0 saturated heterocycles. The van der Waals surface area contributed by atoms with Crippen LogP contribution in [-0.4, -0.2) is 157 Å². The van der Waals surface area contributed by atoms with E-state index in [1.54, 1.807) is 90.2 Å². The van der Waals surface area contributed by atoms with Gasteiger partial charge in [0.05, 0.1) is 50.8 Å². The standard InChI is InChI=1S/C37H45F2N3O7.C35H44F2N4O5/c1-8-12-41(6)35(46)28-18-26(23(2)43)17-27(19-28)34(45)40-32(16-25-13-29(38)20-30(39)14-25)33(44)22-42(36(47)49-37(3,4)5)21-24-10-9-11-31(15-24)48-7;1-6-11-41(4)35(44)28-18-26(23(3)40-46-12-7-2)17-27(19-28)34(43)39-32(16-25-13-29(36)20-30(37)14-25)33(42)22-38-21-24-9-8-10-31(15-24)45-5/h9-11,13-15,17-20,32-33,44H,8,12,16,21-22H2,1-7H3,(H,40,45);8-10,13-15,17-20,32-33,38,42H,6-7,11-12,16,21-22H2,1-5H3,(H,39,43)/b;40-23+/t2*32-,33+/m00/s1. The third-order valence-electron chi connectivity index (χ3n) is 14.7. The number of aliphatic hydroxyl groups is 2. The first-order valence-electron chi connectivity index (χ1n) is 31.3. The summed E-state index contributed by atoms with van der Waals surface area (Å²) >= 11 is 0. The Morgan fingerprint density at radius 3 is 1.46 bits per heavy atom. The summed E-state index contributed by atoms with van der Waals surface area (Å²) in [4.78, 5) is 89.3. The van der Waals surface area contributed by atoms with Crippen LogP contribution in [-0.2, 0) is 35.5 Å². The van der Waals surface area contributed by atoms with Gasteiger partial charge in [0.1, 0.15) is 47.0 Å². The van der Waals surface area contributed by atoms with Gasteiger partial charge < -0.3 is 59.9 Å². The van der Waals surface area contributed by atoms with Gasteiger partial charge in [0.2, 0.25) is 0 Å². The van der Waals surface area contributed by atoms with Gasteiger partial charge in [-0.25, -0.2) is 22.4 Å². The molecule has 0 bridgehead atoms. The van der Waals surface area contributed by atoms with Crippen LogP contribution in [0.15, 0.2) is 126 Å². The number of methoxy groups -OCH3 is 2. The van der Waals surface area contributed by atoms with Crippen molar-refractivity contribution in [1.82, 2.24) is 30.7 Å². The van der Waals surface area contributed by atoms with Gasteiger partial charge in [-0.1, -0.05) is 50.2 Å². The summed E-state index contributed by atoms with van der Waals surface area (Å²) < 4.78 is 72.7. The molecule has 5 N–H and O–H groups in total. The molecule has 0 aliphatic rings. The Morgan fingerprint density at radius 1 is 0.558 bits per heavy atom. The zero-order chi connectivity index (χ0) is 70.1. The predicted octanol–water partition coefficient (Wildman–Crippen LogP) is 10.9. The number of hydrogen-bond donors (Lipinski definition) is 5.